The number of carbonyl (C=O) groups is 1. The Morgan fingerprint density at radius 1 is 1.17 bits per heavy atom. The van der Waals surface area contributed by atoms with E-state index >= 15 is 0 Å². The number of pyridine rings is 1. The fourth-order valence-electron chi connectivity index (χ4n) is 5.21. The number of hydrogen-bond acceptors (Lipinski definition) is 3. The molecule has 2 saturated carbocycles. The van der Waals surface area contributed by atoms with Crippen molar-refractivity contribution in [3.63, 3.8) is 0 Å². The zero-order valence-corrected chi connectivity index (χ0v) is 21.6. The summed E-state index contributed by atoms with van der Waals surface area (Å²) in [5, 5.41) is 9.75. The molecule has 1 aromatic heterocycles. The number of halogens is 1. The van der Waals surface area contributed by atoms with Crippen molar-refractivity contribution < 1.29 is 14.6 Å². The maximum Gasteiger partial charge on any atom is 0.303 e. The van der Waals surface area contributed by atoms with Gasteiger partial charge in [-0.05, 0) is 103 Å². The summed E-state index contributed by atoms with van der Waals surface area (Å²) in [6.45, 7) is 2.17. The second-order valence-corrected chi connectivity index (χ2v) is 11.0. The molecule has 0 bridgehead atoms. The van der Waals surface area contributed by atoms with E-state index in [4.69, 9.17) is 21.4 Å². The first kappa shape index (κ1) is 24.8. The Kier molecular flexibility index (Phi) is 7.34. The molecule has 5 heteroatoms. The van der Waals surface area contributed by atoms with Crippen LogP contribution in [0.5, 0.6) is 5.75 Å². The van der Waals surface area contributed by atoms with Crippen molar-refractivity contribution in [2.75, 3.05) is 0 Å². The molecule has 0 spiro atoms. The molecule has 1 heterocycles. The highest BCUT2D eigenvalue weighted by Gasteiger charge is 2.45. The summed E-state index contributed by atoms with van der Waals surface area (Å²) in [4.78, 5) is 15.4. The third-order valence-electron chi connectivity index (χ3n) is 7.78. The molecule has 0 saturated heterocycles. The van der Waals surface area contributed by atoms with Crippen molar-refractivity contribution in [2.24, 2.45) is 0 Å². The lowest BCUT2D eigenvalue weighted by Gasteiger charge is -2.21. The maximum atomic E-state index is 10.9. The molecular weight excluding hydrogens is 470 g/mol. The second kappa shape index (κ2) is 10.6. The van der Waals surface area contributed by atoms with Crippen molar-refractivity contribution in [1.29, 1.82) is 0 Å². The molecular formula is C31H34ClNO3. The molecule has 3 aromatic rings. The van der Waals surface area contributed by atoms with Gasteiger partial charge in [0.2, 0.25) is 0 Å². The van der Waals surface area contributed by atoms with Gasteiger partial charge in [0.05, 0.1) is 6.10 Å². The van der Waals surface area contributed by atoms with E-state index in [-0.39, 0.29) is 11.8 Å². The number of carboxylic acids is 1. The van der Waals surface area contributed by atoms with Crippen molar-refractivity contribution >= 4 is 17.6 Å². The number of para-hydroxylation sites is 1. The molecule has 1 atom stereocenters. The number of nitrogens with zero attached hydrogens (tertiary/aromatic N) is 1. The van der Waals surface area contributed by atoms with Crippen molar-refractivity contribution in [3.05, 3.63) is 82.6 Å². The third-order valence-corrected chi connectivity index (χ3v) is 8.15. The van der Waals surface area contributed by atoms with E-state index in [1.54, 1.807) is 0 Å². The summed E-state index contributed by atoms with van der Waals surface area (Å²) in [6.07, 6.45) is 12.6. The van der Waals surface area contributed by atoms with E-state index in [0.717, 1.165) is 61.3 Å². The number of aryl methyl sites for hydroxylation is 1. The molecule has 4 nitrogen and oxygen atoms in total. The van der Waals surface area contributed by atoms with Gasteiger partial charge in [0, 0.05) is 29.4 Å². The largest absolute Gasteiger partial charge is 0.490 e. The van der Waals surface area contributed by atoms with E-state index in [9.17, 15) is 4.79 Å². The third kappa shape index (κ3) is 5.75. The summed E-state index contributed by atoms with van der Waals surface area (Å²) >= 11 is 6.64. The Labute approximate surface area is 218 Å². The van der Waals surface area contributed by atoms with Crippen LogP contribution in [-0.4, -0.2) is 22.2 Å². The molecule has 0 aliphatic heterocycles. The minimum Gasteiger partial charge on any atom is -0.490 e. The van der Waals surface area contributed by atoms with Crippen molar-refractivity contribution in [2.45, 2.75) is 82.1 Å². The minimum absolute atomic E-state index is 0.114. The minimum atomic E-state index is -0.731. The fraction of sp³-hybridized carbons (Fsp3) is 0.419. The van der Waals surface area contributed by atoms with Crippen LogP contribution in [0.4, 0.5) is 0 Å². The summed E-state index contributed by atoms with van der Waals surface area (Å²) < 4.78 is 6.25. The molecule has 1 unspecified atom stereocenters. The van der Waals surface area contributed by atoms with Crippen LogP contribution in [0.15, 0.2) is 60.9 Å². The molecule has 2 aliphatic rings. The Balaban J connectivity index is 1.34. The van der Waals surface area contributed by atoms with E-state index in [0.29, 0.717) is 18.4 Å². The van der Waals surface area contributed by atoms with Gasteiger partial charge in [0.25, 0.3) is 0 Å². The van der Waals surface area contributed by atoms with Crippen LogP contribution in [-0.2, 0) is 16.6 Å². The highest BCUT2D eigenvalue weighted by molar-refractivity contribution is 6.31. The van der Waals surface area contributed by atoms with Crippen LogP contribution in [0.1, 0.15) is 80.9 Å². The monoisotopic (exact) mass is 503 g/mol. The lowest BCUT2D eigenvalue weighted by atomic mass is 9.84. The Bertz CT molecular complexity index is 1230. The zero-order valence-electron chi connectivity index (χ0n) is 20.9. The van der Waals surface area contributed by atoms with Gasteiger partial charge in [-0.15, -0.1) is 0 Å². The summed E-state index contributed by atoms with van der Waals surface area (Å²) in [7, 11) is 0. The van der Waals surface area contributed by atoms with Crippen LogP contribution in [0.3, 0.4) is 0 Å². The number of ether oxygens (including phenoxy) is 1. The highest BCUT2D eigenvalue weighted by Crippen LogP contribution is 2.55. The summed E-state index contributed by atoms with van der Waals surface area (Å²) in [6, 6.07) is 16.8. The topological polar surface area (TPSA) is 59.4 Å². The van der Waals surface area contributed by atoms with E-state index in [1.807, 2.05) is 18.3 Å². The molecule has 5 rings (SSSR count). The first-order valence-corrected chi connectivity index (χ1v) is 13.5. The van der Waals surface area contributed by atoms with E-state index in [1.165, 1.54) is 22.3 Å². The predicted octanol–water partition coefficient (Wildman–Crippen LogP) is 7.97. The van der Waals surface area contributed by atoms with Gasteiger partial charge in [-0.1, -0.05) is 48.9 Å². The first-order chi connectivity index (χ1) is 17.4. The van der Waals surface area contributed by atoms with Gasteiger partial charge in [0.15, 0.2) is 0 Å². The number of rotatable bonds is 12. The average Bonchev–Trinajstić information content (AvgIpc) is 3.81. The highest BCUT2D eigenvalue weighted by atomic mass is 35.5. The van der Waals surface area contributed by atoms with Crippen LogP contribution >= 0.6 is 11.6 Å². The van der Waals surface area contributed by atoms with E-state index in [2.05, 4.69) is 54.5 Å². The van der Waals surface area contributed by atoms with Gasteiger partial charge >= 0.3 is 5.97 Å². The number of aliphatic carboxylic acids is 1. The van der Waals surface area contributed by atoms with Gasteiger partial charge < -0.3 is 9.84 Å². The Morgan fingerprint density at radius 2 is 1.97 bits per heavy atom. The standard InChI is InChI=1S/C31H34ClNO3/c1-21(5-4-8-30(34)35)22-9-12-28(32)23(19-22)13-15-31(16-17-31)27-20-33-18-14-25(27)26-6-2-3-7-29(26)36-24-10-11-24/h2-3,6-7,9,12,14,18-21,24H,4-5,8,10-11,13,15-17H2,1H3,(H,34,35). The SMILES string of the molecule is CC(CCCC(=O)O)c1ccc(Cl)c(CCC2(c3cnccc3-c3ccccc3OC3CC3)CC2)c1. The Hall–Kier alpha value is -2.85. The number of hydrogen-bond donors (Lipinski definition) is 1. The fourth-order valence-corrected chi connectivity index (χ4v) is 5.42. The lowest BCUT2D eigenvalue weighted by molar-refractivity contribution is -0.137. The first-order valence-electron chi connectivity index (χ1n) is 13.2. The van der Waals surface area contributed by atoms with E-state index < -0.39 is 5.97 Å². The quantitative estimate of drug-likeness (QED) is 0.272. The molecule has 188 valence electrons. The van der Waals surface area contributed by atoms with Crippen molar-refractivity contribution in [1.82, 2.24) is 4.98 Å². The van der Waals surface area contributed by atoms with Gasteiger partial charge in [0.1, 0.15) is 5.75 Å². The zero-order chi connectivity index (χ0) is 25.1. The number of benzene rings is 2. The van der Waals surface area contributed by atoms with Gasteiger partial charge in [-0.25, -0.2) is 0 Å². The predicted molar refractivity (Wildman–Crippen MR) is 144 cm³/mol. The molecule has 36 heavy (non-hydrogen) atoms. The lowest BCUT2D eigenvalue weighted by Crippen LogP contribution is -2.11. The molecule has 2 fully saturated rings. The molecule has 0 amide bonds. The second-order valence-electron chi connectivity index (χ2n) is 10.6. The van der Waals surface area contributed by atoms with Gasteiger partial charge in [-0.3, -0.25) is 9.78 Å². The van der Waals surface area contributed by atoms with Crippen LogP contribution in [0.25, 0.3) is 11.1 Å². The molecule has 0 radical (unpaired) electrons. The van der Waals surface area contributed by atoms with Crippen LogP contribution < -0.4 is 4.74 Å². The number of aromatic nitrogens is 1. The maximum absolute atomic E-state index is 10.9. The molecule has 2 aromatic carbocycles. The summed E-state index contributed by atoms with van der Waals surface area (Å²) in [5.41, 5.74) is 6.22. The Morgan fingerprint density at radius 3 is 2.72 bits per heavy atom. The van der Waals surface area contributed by atoms with Gasteiger partial charge in [-0.2, -0.15) is 0 Å². The molecule has 2 aliphatic carbocycles. The molecule has 1 N–H and O–H groups in total. The van der Waals surface area contributed by atoms with Crippen molar-refractivity contribution in [3.8, 4) is 16.9 Å². The van der Waals surface area contributed by atoms with Crippen LogP contribution in [0, 0.1) is 0 Å². The van der Waals surface area contributed by atoms with Crippen LogP contribution in [0.2, 0.25) is 5.02 Å². The summed E-state index contributed by atoms with van der Waals surface area (Å²) in [5.74, 6) is 0.546. The number of carboxylic acid groups (broad SMARTS) is 1. The average molecular weight is 504 g/mol. The normalized spacial score (nSPS) is 16.9. The smallest absolute Gasteiger partial charge is 0.303 e.